The topological polar surface area (TPSA) is 52.7 Å². The molecule has 1 aromatic carbocycles. The average molecular weight is 283 g/mol. The van der Waals surface area contributed by atoms with Gasteiger partial charge in [0, 0.05) is 45.5 Å². The second kappa shape index (κ2) is 5.48. The summed E-state index contributed by atoms with van der Waals surface area (Å²) >= 11 is 0. The van der Waals surface area contributed by atoms with Gasteiger partial charge in [0.2, 0.25) is 10.0 Å². The van der Waals surface area contributed by atoms with Gasteiger partial charge in [0.05, 0.1) is 4.90 Å². The van der Waals surface area contributed by atoms with E-state index in [1.165, 1.54) is 4.31 Å². The van der Waals surface area contributed by atoms with E-state index < -0.39 is 10.0 Å². The first-order chi connectivity index (χ1) is 8.91. The first kappa shape index (κ1) is 14.3. The van der Waals surface area contributed by atoms with Crippen molar-refractivity contribution in [3.8, 4) is 0 Å². The zero-order valence-electron chi connectivity index (χ0n) is 11.6. The quantitative estimate of drug-likeness (QED) is 0.889. The summed E-state index contributed by atoms with van der Waals surface area (Å²) in [6.45, 7) is 5.00. The molecule has 0 aromatic heterocycles. The minimum absolute atomic E-state index is 0.337. The maximum Gasteiger partial charge on any atom is 0.242 e. The molecule has 0 amide bonds. The van der Waals surface area contributed by atoms with Gasteiger partial charge in [-0.1, -0.05) is 0 Å². The average Bonchev–Trinajstić information content (AvgIpc) is 2.38. The summed E-state index contributed by atoms with van der Waals surface area (Å²) < 4.78 is 25.2. The van der Waals surface area contributed by atoms with Gasteiger partial charge in [0.1, 0.15) is 0 Å². The second-order valence-corrected chi connectivity index (χ2v) is 7.23. The van der Waals surface area contributed by atoms with E-state index in [-0.39, 0.29) is 0 Å². The predicted octanol–water partition coefficient (Wildman–Crippen LogP) is 0.735. The Labute approximate surface area is 115 Å². The van der Waals surface area contributed by atoms with E-state index >= 15 is 0 Å². The fourth-order valence-corrected chi connectivity index (χ4v) is 3.11. The summed E-state index contributed by atoms with van der Waals surface area (Å²) in [7, 11) is -0.247. The van der Waals surface area contributed by atoms with Crippen LogP contribution < -0.4 is 10.2 Å². The molecule has 106 valence electrons. The Morgan fingerprint density at radius 3 is 2.42 bits per heavy atom. The first-order valence-corrected chi connectivity index (χ1v) is 7.86. The van der Waals surface area contributed by atoms with E-state index in [0.717, 1.165) is 25.3 Å². The van der Waals surface area contributed by atoms with Crippen LogP contribution in [0.1, 0.15) is 6.92 Å². The molecule has 6 heteroatoms. The fraction of sp³-hybridized carbons (Fsp3) is 0.538. The van der Waals surface area contributed by atoms with Gasteiger partial charge in [-0.2, -0.15) is 0 Å². The van der Waals surface area contributed by atoms with Crippen molar-refractivity contribution >= 4 is 15.7 Å². The first-order valence-electron chi connectivity index (χ1n) is 6.42. The monoisotopic (exact) mass is 283 g/mol. The highest BCUT2D eigenvalue weighted by atomic mass is 32.2. The van der Waals surface area contributed by atoms with Crippen LogP contribution in [-0.4, -0.2) is 52.5 Å². The van der Waals surface area contributed by atoms with Gasteiger partial charge in [0.15, 0.2) is 0 Å². The van der Waals surface area contributed by atoms with Gasteiger partial charge in [-0.3, -0.25) is 0 Å². The maximum absolute atomic E-state index is 12.0. The number of hydrogen-bond acceptors (Lipinski definition) is 4. The normalized spacial score (nSPS) is 20.8. The Bertz CT molecular complexity index is 525. The van der Waals surface area contributed by atoms with Gasteiger partial charge in [-0.05, 0) is 31.2 Å². The number of rotatable bonds is 3. The summed E-state index contributed by atoms with van der Waals surface area (Å²) in [6, 6.07) is 7.58. The van der Waals surface area contributed by atoms with Gasteiger partial charge in [-0.15, -0.1) is 0 Å². The minimum Gasteiger partial charge on any atom is -0.369 e. The van der Waals surface area contributed by atoms with E-state index in [0.29, 0.717) is 10.9 Å². The summed E-state index contributed by atoms with van der Waals surface area (Å²) in [4.78, 5) is 2.61. The maximum atomic E-state index is 12.0. The summed E-state index contributed by atoms with van der Waals surface area (Å²) in [5.74, 6) is 0. The third-order valence-electron chi connectivity index (χ3n) is 3.35. The Kier molecular flexibility index (Phi) is 4.13. The molecule has 0 bridgehead atoms. The van der Waals surface area contributed by atoms with Crippen molar-refractivity contribution in [3.05, 3.63) is 24.3 Å². The Morgan fingerprint density at radius 2 is 1.89 bits per heavy atom. The van der Waals surface area contributed by atoms with Gasteiger partial charge < -0.3 is 10.2 Å². The van der Waals surface area contributed by atoms with Crippen LogP contribution in [0, 0.1) is 0 Å². The molecule has 1 heterocycles. The fourth-order valence-electron chi connectivity index (χ4n) is 2.21. The van der Waals surface area contributed by atoms with Crippen molar-refractivity contribution in [3.63, 3.8) is 0 Å². The van der Waals surface area contributed by atoms with E-state index in [2.05, 4.69) is 17.1 Å². The lowest BCUT2D eigenvalue weighted by molar-refractivity contribution is 0.484. The van der Waals surface area contributed by atoms with Crippen LogP contribution >= 0.6 is 0 Å². The third-order valence-corrected chi connectivity index (χ3v) is 5.18. The van der Waals surface area contributed by atoms with E-state index in [9.17, 15) is 8.42 Å². The molecule has 1 aromatic rings. The second-order valence-electron chi connectivity index (χ2n) is 5.08. The minimum atomic E-state index is -3.33. The Balaban J connectivity index is 2.19. The van der Waals surface area contributed by atoms with Crippen molar-refractivity contribution < 1.29 is 8.42 Å². The molecule has 0 radical (unpaired) electrons. The highest BCUT2D eigenvalue weighted by Crippen LogP contribution is 2.20. The van der Waals surface area contributed by atoms with Crippen molar-refractivity contribution in [2.45, 2.75) is 17.9 Å². The third kappa shape index (κ3) is 3.08. The summed E-state index contributed by atoms with van der Waals surface area (Å²) in [5.41, 5.74) is 1.08. The SMILES string of the molecule is CC1CN(c2ccc(S(=O)(=O)N(C)C)cc2)CCN1. The van der Waals surface area contributed by atoms with Crippen LogP contribution in [0.15, 0.2) is 29.2 Å². The van der Waals surface area contributed by atoms with Crippen molar-refractivity contribution in [1.82, 2.24) is 9.62 Å². The molecule has 1 aliphatic rings. The predicted molar refractivity (Wildman–Crippen MR) is 77.0 cm³/mol. The summed E-state index contributed by atoms with van der Waals surface area (Å²) in [5, 5.41) is 3.39. The van der Waals surface area contributed by atoms with Gasteiger partial charge >= 0.3 is 0 Å². The van der Waals surface area contributed by atoms with E-state index in [1.54, 1.807) is 26.2 Å². The molecule has 0 aliphatic carbocycles. The molecule has 1 unspecified atom stereocenters. The van der Waals surface area contributed by atoms with Gasteiger partial charge in [0.25, 0.3) is 0 Å². The van der Waals surface area contributed by atoms with Crippen LogP contribution in [0.4, 0.5) is 5.69 Å². The van der Waals surface area contributed by atoms with Crippen LogP contribution in [-0.2, 0) is 10.0 Å². The molecule has 1 aliphatic heterocycles. The van der Waals surface area contributed by atoms with Crippen LogP contribution in [0.25, 0.3) is 0 Å². The Hall–Kier alpha value is -1.11. The highest BCUT2D eigenvalue weighted by molar-refractivity contribution is 7.89. The lowest BCUT2D eigenvalue weighted by Crippen LogP contribution is -2.49. The molecule has 0 saturated carbocycles. The number of benzene rings is 1. The number of hydrogen-bond donors (Lipinski definition) is 1. The largest absolute Gasteiger partial charge is 0.369 e. The number of nitrogens with one attached hydrogen (secondary N) is 1. The lowest BCUT2D eigenvalue weighted by Gasteiger charge is -2.33. The number of anilines is 1. The zero-order valence-corrected chi connectivity index (χ0v) is 12.4. The summed E-state index contributed by atoms with van der Waals surface area (Å²) in [6.07, 6.45) is 0. The van der Waals surface area contributed by atoms with Crippen LogP contribution in [0.3, 0.4) is 0 Å². The molecule has 2 rings (SSSR count). The van der Waals surface area contributed by atoms with Gasteiger partial charge in [-0.25, -0.2) is 12.7 Å². The van der Waals surface area contributed by atoms with Crippen molar-refractivity contribution in [2.75, 3.05) is 38.6 Å². The molecular weight excluding hydrogens is 262 g/mol. The smallest absolute Gasteiger partial charge is 0.242 e. The molecular formula is C13H21N3O2S. The molecule has 5 nitrogen and oxygen atoms in total. The van der Waals surface area contributed by atoms with E-state index in [1.807, 2.05) is 12.1 Å². The molecule has 1 fully saturated rings. The Morgan fingerprint density at radius 1 is 1.26 bits per heavy atom. The van der Waals surface area contributed by atoms with Crippen LogP contribution in [0.2, 0.25) is 0 Å². The lowest BCUT2D eigenvalue weighted by atomic mass is 10.2. The highest BCUT2D eigenvalue weighted by Gasteiger charge is 2.19. The standard InChI is InChI=1S/C13H21N3O2S/c1-11-10-16(9-8-14-11)12-4-6-13(7-5-12)19(17,18)15(2)3/h4-7,11,14H,8-10H2,1-3H3. The van der Waals surface area contributed by atoms with Crippen LogP contribution in [0.5, 0.6) is 0 Å². The number of nitrogens with zero attached hydrogens (tertiary/aromatic N) is 2. The number of piperazine rings is 1. The molecule has 1 N–H and O–H groups in total. The van der Waals surface area contributed by atoms with E-state index in [4.69, 9.17) is 0 Å². The molecule has 0 spiro atoms. The van der Waals surface area contributed by atoms with Crippen molar-refractivity contribution in [1.29, 1.82) is 0 Å². The molecule has 1 saturated heterocycles. The van der Waals surface area contributed by atoms with Crippen molar-refractivity contribution in [2.24, 2.45) is 0 Å². The number of sulfonamides is 1. The molecule has 19 heavy (non-hydrogen) atoms. The molecule has 1 atom stereocenters. The zero-order chi connectivity index (χ0) is 14.0.